The molecule has 208 valence electrons. The first kappa shape index (κ1) is 30.5. The Hall–Kier alpha value is -3.73. The quantitative estimate of drug-likeness (QED) is 0.201. The highest BCUT2D eigenvalue weighted by Crippen LogP contribution is 2.12. The zero-order valence-corrected chi connectivity index (χ0v) is 22.4. The van der Waals surface area contributed by atoms with Gasteiger partial charge in [-0.05, 0) is 23.8 Å². The number of nitrogens with one attached hydrogen (secondary N) is 4. The van der Waals surface area contributed by atoms with Gasteiger partial charge in [0.2, 0.25) is 17.7 Å². The molecule has 0 spiro atoms. The van der Waals surface area contributed by atoms with Gasteiger partial charge in [-0.1, -0.05) is 64.4 Å². The second-order valence-corrected chi connectivity index (χ2v) is 10.0. The van der Waals surface area contributed by atoms with E-state index in [4.69, 9.17) is 5.73 Å². The number of rotatable bonds is 15. The molecule has 2 rings (SSSR count). The van der Waals surface area contributed by atoms with Gasteiger partial charge in [0.1, 0.15) is 18.1 Å². The van der Waals surface area contributed by atoms with Crippen molar-refractivity contribution in [1.82, 2.24) is 25.9 Å². The number of hydrogen-bond acceptors (Lipinski definition) is 6. The highest BCUT2D eigenvalue weighted by Gasteiger charge is 2.32. The molecule has 0 aliphatic carbocycles. The minimum absolute atomic E-state index is 0.00757. The van der Waals surface area contributed by atoms with Crippen molar-refractivity contribution in [3.8, 4) is 0 Å². The topological polar surface area (TPSA) is 179 Å². The Bertz CT molecular complexity index is 1040. The summed E-state index contributed by atoms with van der Waals surface area (Å²) in [4.78, 5) is 58.0. The van der Waals surface area contributed by atoms with E-state index in [0.717, 1.165) is 5.56 Å². The van der Waals surface area contributed by atoms with Crippen LogP contribution in [0, 0.1) is 11.8 Å². The fourth-order valence-corrected chi connectivity index (χ4v) is 3.99. The Morgan fingerprint density at radius 3 is 2.16 bits per heavy atom. The lowest BCUT2D eigenvalue weighted by molar-refractivity contribution is -0.142. The third-order valence-electron chi connectivity index (χ3n) is 6.36. The number of aromatic amines is 1. The monoisotopic (exact) mass is 528 g/mol. The molecular formula is C27H40N6O5. The van der Waals surface area contributed by atoms with E-state index < -0.39 is 47.9 Å². The molecule has 1 aromatic carbocycles. The van der Waals surface area contributed by atoms with Crippen LogP contribution in [0.2, 0.25) is 0 Å². The third-order valence-corrected chi connectivity index (χ3v) is 6.36. The number of nitrogens with zero attached hydrogens (tertiary/aromatic N) is 1. The Balaban J connectivity index is 2.24. The van der Waals surface area contributed by atoms with Crippen LogP contribution in [0.5, 0.6) is 0 Å². The fourth-order valence-electron chi connectivity index (χ4n) is 3.99. The zero-order chi connectivity index (χ0) is 28.2. The lowest BCUT2D eigenvalue weighted by atomic mass is 9.96. The number of nitrogens with two attached hydrogens (primary N) is 1. The summed E-state index contributed by atoms with van der Waals surface area (Å²) < 4.78 is 0. The first-order valence-electron chi connectivity index (χ1n) is 12.9. The van der Waals surface area contributed by atoms with Crippen molar-refractivity contribution in [2.45, 2.75) is 77.5 Å². The largest absolute Gasteiger partial charge is 0.480 e. The van der Waals surface area contributed by atoms with E-state index in [0.29, 0.717) is 18.5 Å². The second-order valence-electron chi connectivity index (χ2n) is 10.0. The number of imidazole rings is 1. The molecule has 2 aromatic rings. The number of carboxylic acids is 1. The predicted molar refractivity (Wildman–Crippen MR) is 143 cm³/mol. The van der Waals surface area contributed by atoms with Crippen LogP contribution in [0.25, 0.3) is 0 Å². The average Bonchev–Trinajstić information content (AvgIpc) is 3.39. The fraction of sp³-hybridized carbons (Fsp3) is 0.519. The molecular weight excluding hydrogens is 488 g/mol. The van der Waals surface area contributed by atoms with Gasteiger partial charge in [0.25, 0.3) is 0 Å². The minimum atomic E-state index is -1.24. The van der Waals surface area contributed by atoms with Crippen LogP contribution in [0.15, 0.2) is 42.9 Å². The van der Waals surface area contributed by atoms with Crippen molar-refractivity contribution in [3.05, 3.63) is 54.1 Å². The van der Waals surface area contributed by atoms with Crippen LogP contribution in [0.3, 0.4) is 0 Å². The number of carbonyl (C=O) groups excluding carboxylic acids is 3. The molecule has 0 saturated heterocycles. The van der Waals surface area contributed by atoms with Gasteiger partial charge in [0.05, 0.1) is 12.4 Å². The standard InChI is InChI=1S/C27H40N6O5/c1-5-17(4)23(33-24(34)20(28)11-16(2)3)26(36)31-21(12-18-9-7-6-8-10-18)25(35)32-22(27(37)38)13-19-14-29-15-30-19/h6-10,14-17,20-23H,5,11-13,28H2,1-4H3,(H,29,30)(H,31,36)(H,32,35)(H,33,34)(H,37,38). The van der Waals surface area contributed by atoms with Gasteiger partial charge < -0.3 is 31.8 Å². The molecule has 11 nitrogen and oxygen atoms in total. The van der Waals surface area contributed by atoms with Crippen molar-refractivity contribution >= 4 is 23.7 Å². The Labute approximate surface area is 223 Å². The molecule has 0 aliphatic heterocycles. The normalized spacial score (nSPS) is 15.1. The molecule has 7 N–H and O–H groups in total. The van der Waals surface area contributed by atoms with Crippen molar-refractivity contribution < 1.29 is 24.3 Å². The molecule has 1 heterocycles. The number of hydrogen-bond donors (Lipinski definition) is 6. The number of benzene rings is 1. The molecule has 3 amide bonds. The smallest absolute Gasteiger partial charge is 0.326 e. The number of aliphatic carboxylic acids is 1. The summed E-state index contributed by atoms with van der Waals surface area (Å²) in [6.45, 7) is 7.63. The molecule has 11 heteroatoms. The Kier molecular flexibility index (Phi) is 11.9. The summed E-state index contributed by atoms with van der Waals surface area (Å²) in [6.07, 6.45) is 4.08. The second kappa shape index (κ2) is 14.9. The molecule has 38 heavy (non-hydrogen) atoms. The molecule has 1 aromatic heterocycles. The first-order chi connectivity index (χ1) is 18.0. The summed E-state index contributed by atoms with van der Waals surface area (Å²) in [5, 5.41) is 17.7. The van der Waals surface area contributed by atoms with Crippen molar-refractivity contribution in [3.63, 3.8) is 0 Å². The number of amides is 3. The molecule has 0 saturated carbocycles. The van der Waals surface area contributed by atoms with Crippen molar-refractivity contribution in [1.29, 1.82) is 0 Å². The van der Waals surface area contributed by atoms with Crippen LogP contribution in [0.4, 0.5) is 0 Å². The maximum Gasteiger partial charge on any atom is 0.326 e. The maximum absolute atomic E-state index is 13.4. The summed E-state index contributed by atoms with van der Waals surface area (Å²) in [6, 6.07) is 5.06. The number of carboxylic acid groups (broad SMARTS) is 1. The van der Waals surface area contributed by atoms with Gasteiger partial charge in [-0.3, -0.25) is 14.4 Å². The highest BCUT2D eigenvalue weighted by molar-refractivity contribution is 5.94. The lowest BCUT2D eigenvalue weighted by Gasteiger charge is -2.28. The van der Waals surface area contributed by atoms with Crippen LogP contribution in [-0.4, -0.2) is 62.9 Å². The number of carbonyl (C=O) groups is 4. The van der Waals surface area contributed by atoms with E-state index in [-0.39, 0.29) is 24.7 Å². The van der Waals surface area contributed by atoms with Crippen LogP contribution < -0.4 is 21.7 Å². The third kappa shape index (κ3) is 9.62. The molecule has 0 fully saturated rings. The summed E-state index contributed by atoms with van der Waals surface area (Å²) in [7, 11) is 0. The first-order valence-corrected chi connectivity index (χ1v) is 12.9. The van der Waals surface area contributed by atoms with Crippen molar-refractivity contribution in [2.24, 2.45) is 17.6 Å². The van der Waals surface area contributed by atoms with E-state index >= 15 is 0 Å². The van der Waals surface area contributed by atoms with Crippen molar-refractivity contribution in [2.75, 3.05) is 0 Å². The van der Waals surface area contributed by atoms with Gasteiger partial charge >= 0.3 is 5.97 Å². The number of aromatic nitrogens is 2. The van der Waals surface area contributed by atoms with E-state index in [1.54, 1.807) is 0 Å². The van der Waals surface area contributed by atoms with Gasteiger partial charge in [0, 0.05) is 24.7 Å². The van der Waals surface area contributed by atoms with E-state index in [1.807, 2.05) is 58.0 Å². The van der Waals surface area contributed by atoms with E-state index in [9.17, 15) is 24.3 Å². The van der Waals surface area contributed by atoms with Crippen LogP contribution in [-0.2, 0) is 32.0 Å². The lowest BCUT2D eigenvalue weighted by Crippen LogP contribution is -2.59. The molecule has 0 bridgehead atoms. The minimum Gasteiger partial charge on any atom is -0.480 e. The van der Waals surface area contributed by atoms with E-state index in [1.165, 1.54) is 12.5 Å². The van der Waals surface area contributed by atoms with E-state index in [2.05, 4.69) is 25.9 Å². The van der Waals surface area contributed by atoms with Gasteiger partial charge in [0.15, 0.2) is 0 Å². The van der Waals surface area contributed by atoms with Gasteiger partial charge in [-0.25, -0.2) is 9.78 Å². The molecule has 0 aliphatic rings. The maximum atomic E-state index is 13.4. The van der Waals surface area contributed by atoms with Gasteiger partial charge in [-0.2, -0.15) is 0 Å². The average molecular weight is 529 g/mol. The Morgan fingerprint density at radius 2 is 1.61 bits per heavy atom. The van der Waals surface area contributed by atoms with Crippen LogP contribution in [0.1, 0.15) is 51.8 Å². The molecule has 5 atom stereocenters. The van der Waals surface area contributed by atoms with Gasteiger partial charge in [-0.15, -0.1) is 0 Å². The molecule has 5 unspecified atom stereocenters. The predicted octanol–water partition coefficient (Wildman–Crippen LogP) is 1.15. The Morgan fingerprint density at radius 1 is 0.947 bits per heavy atom. The summed E-state index contributed by atoms with van der Waals surface area (Å²) in [5.74, 6) is -2.89. The number of H-pyrrole nitrogens is 1. The summed E-state index contributed by atoms with van der Waals surface area (Å²) >= 11 is 0. The molecule has 0 radical (unpaired) electrons. The summed E-state index contributed by atoms with van der Waals surface area (Å²) in [5.41, 5.74) is 7.34. The highest BCUT2D eigenvalue weighted by atomic mass is 16.4. The SMILES string of the molecule is CCC(C)C(NC(=O)C(N)CC(C)C)C(=O)NC(Cc1ccccc1)C(=O)NC(Cc1cnc[nH]1)C(=O)O. The van der Waals surface area contributed by atoms with Crippen LogP contribution >= 0.6 is 0 Å². The zero-order valence-electron chi connectivity index (χ0n) is 22.4.